The number of rotatable bonds is 8. The molecule has 8 heteroatoms. The van der Waals surface area contributed by atoms with E-state index < -0.39 is 18.0 Å². The summed E-state index contributed by atoms with van der Waals surface area (Å²) in [4.78, 5) is 25.0. The average molecular weight is 433 g/mol. The van der Waals surface area contributed by atoms with Crippen molar-refractivity contribution in [3.05, 3.63) is 83.9 Å². The van der Waals surface area contributed by atoms with Gasteiger partial charge in [-0.05, 0) is 61.0 Å². The summed E-state index contributed by atoms with van der Waals surface area (Å²) >= 11 is 0. The standard InChI is InChI=1S/C24H23N3O5/c1-16(23(29)25-15-17-7-13-20(31-2)14-8-17)32-24(30)21-5-3-4-6-22(21)27-26-18-9-11-19(28)12-10-18/h3-14,16,28H,15H2,1-2H3,(H,25,29)/t16-/m0/s1. The largest absolute Gasteiger partial charge is 0.508 e. The molecule has 32 heavy (non-hydrogen) atoms. The Balaban J connectivity index is 1.60. The number of amides is 1. The minimum absolute atomic E-state index is 0.118. The quantitative estimate of drug-likeness (QED) is 0.396. The van der Waals surface area contributed by atoms with Crippen LogP contribution in [0.15, 0.2) is 83.0 Å². The maximum Gasteiger partial charge on any atom is 0.341 e. The molecule has 0 saturated carbocycles. The number of methoxy groups -OCH3 is 1. The average Bonchev–Trinajstić information content (AvgIpc) is 2.82. The molecule has 0 heterocycles. The molecule has 0 bridgehead atoms. The van der Waals surface area contributed by atoms with Gasteiger partial charge in [0.2, 0.25) is 0 Å². The predicted molar refractivity (Wildman–Crippen MR) is 118 cm³/mol. The first kappa shape index (κ1) is 22.5. The van der Waals surface area contributed by atoms with Crippen molar-refractivity contribution in [2.45, 2.75) is 19.6 Å². The number of esters is 1. The Morgan fingerprint density at radius 1 is 0.969 bits per heavy atom. The van der Waals surface area contributed by atoms with Gasteiger partial charge in [0.05, 0.1) is 18.4 Å². The highest BCUT2D eigenvalue weighted by atomic mass is 16.5. The van der Waals surface area contributed by atoms with Crippen LogP contribution in [0.1, 0.15) is 22.8 Å². The van der Waals surface area contributed by atoms with E-state index in [0.717, 1.165) is 11.3 Å². The Bertz CT molecular complexity index is 1100. The van der Waals surface area contributed by atoms with Crippen molar-refractivity contribution >= 4 is 23.3 Å². The molecule has 0 aliphatic rings. The highest BCUT2D eigenvalue weighted by Gasteiger charge is 2.20. The van der Waals surface area contributed by atoms with Crippen LogP contribution in [0.3, 0.4) is 0 Å². The lowest BCUT2D eigenvalue weighted by molar-refractivity contribution is -0.129. The van der Waals surface area contributed by atoms with Crippen molar-refractivity contribution in [3.8, 4) is 11.5 Å². The Morgan fingerprint density at radius 3 is 2.34 bits per heavy atom. The number of hydrogen-bond donors (Lipinski definition) is 2. The summed E-state index contributed by atoms with van der Waals surface area (Å²) in [5, 5.41) is 20.2. The van der Waals surface area contributed by atoms with E-state index in [0.29, 0.717) is 17.9 Å². The molecule has 2 N–H and O–H groups in total. The second-order valence-corrected chi connectivity index (χ2v) is 6.85. The van der Waals surface area contributed by atoms with Crippen LogP contribution < -0.4 is 10.1 Å². The fourth-order valence-electron chi connectivity index (χ4n) is 2.72. The molecule has 3 aromatic carbocycles. The van der Waals surface area contributed by atoms with Crippen LogP contribution in [-0.2, 0) is 16.1 Å². The molecule has 0 saturated heterocycles. The Hall–Kier alpha value is -4.20. The molecule has 0 radical (unpaired) electrons. The molecule has 0 spiro atoms. The van der Waals surface area contributed by atoms with Gasteiger partial charge in [0.25, 0.3) is 5.91 Å². The van der Waals surface area contributed by atoms with Gasteiger partial charge in [-0.1, -0.05) is 24.3 Å². The van der Waals surface area contributed by atoms with Gasteiger partial charge in [-0.15, -0.1) is 5.11 Å². The maximum atomic E-state index is 12.6. The highest BCUT2D eigenvalue weighted by Crippen LogP contribution is 2.24. The SMILES string of the molecule is COc1ccc(CNC(=O)[C@H](C)OC(=O)c2ccccc2N=Nc2ccc(O)cc2)cc1. The van der Waals surface area contributed by atoms with Crippen LogP contribution in [0.2, 0.25) is 0 Å². The fraction of sp³-hybridized carbons (Fsp3) is 0.167. The van der Waals surface area contributed by atoms with E-state index in [9.17, 15) is 14.7 Å². The number of carbonyl (C=O) groups is 2. The van der Waals surface area contributed by atoms with E-state index >= 15 is 0 Å². The number of benzene rings is 3. The molecular formula is C24H23N3O5. The third kappa shape index (κ3) is 6.15. The van der Waals surface area contributed by atoms with Crippen LogP contribution >= 0.6 is 0 Å². The molecule has 1 atom stereocenters. The lowest BCUT2D eigenvalue weighted by atomic mass is 10.2. The number of nitrogens with zero attached hydrogens (tertiary/aromatic N) is 2. The summed E-state index contributed by atoms with van der Waals surface area (Å²) in [7, 11) is 1.58. The van der Waals surface area contributed by atoms with Crippen molar-refractivity contribution in [1.82, 2.24) is 5.32 Å². The summed E-state index contributed by atoms with van der Waals surface area (Å²) < 4.78 is 10.4. The van der Waals surface area contributed by atoms with Gasteiger partial charge in [0, 0.05) is 6.54 Å². The van der Waals surface area contributed by atoms with Crippen molar-refractivity contribution < 1.29 is 24.2 Å². The lowest BCUT2D eigenvalue weighted by Gasteiger charge is -2.14. The molecule has 0 fully saturated rings. The van der Waals surface area contributed by atoms with Gasteiger partial charge >= 0.3 is 5.97 Å². The number of azo groups is 1. The van der Waals surface area contributed by atoms with E-state index in [1.54, 1.807) is 55.6 Å². The first-order valence-electron chi connectivity index (χ1n) is 9.87. The lowest BCUT2D eigenvalue weighted by Crippen LogP contribution is -2.35. The Kier molecular flexibility index (Phi) is 7.53. The summed E-state index contributed by atoms with van der Waals surface area (Å²) in [6.07, 6.45) is -0.997. The fourth-order valence-corrected chi connectivity index (χ4v) is 2.72. The van der Waals surface area contributed by atoms with E-state index in [1.807, 2.05) is 12.1 Å². The third-order valence-electron chi connectivity index (χ3n) is 4.53. The zero-order valence-corrected chi connectivity index (χ0v) is 17.7. The van der Waals surface area contributed by atoms with Crippen molar-refractivity contribution in [1.29, 1.82) is 0 Å². The van der Waals surface area contributed by atoms with E-state index in [2.05, 4.69) is 15.5 Å². The molecule has 3 aromatic rings. The van der Waals surface area contributed by atoms with E-state index in [4.69, 9.17) is 9.47 Å². The molecule has 0 aliphatic carbocycles. The summed E-state index contributed by atoms with van der Waals surface area (Å²) in [5.74, 6) is -0.259. The van der Waals surface area contributed by atoms with Gasteiger partial charge < -0.3 is 19.9 Å². The van der Waals surface area contributed by atoms with Crippen LogP contribution in [-0.4, -0.2) is 30.2 Å². The van der Waals surface area contributed by atoms with Crippen molar-refractivity contribution in [2.75, 3.05) is 7.11 Å². The number of hydrogen-bond acceptors (Lipinski definition) is 7. The summed E-state index contributed by atoms with van der Waals surface area (Å²) in [5.41, 5.74) is 1.89. The number of ether oxygens (including phenoxy) is 2. The van der Waals surface area contributed by atoms with Gasteiger partial charge in [0.15, 0.2) is 6.10 Å². The number of phenols is 1. The minimum Gasteiger partial charge on any atom is -0.508 e. The third-order valence-corrected chi connectivity index (χ3v) is 4.53. The molecular weight excluding hydrogens is 410 g/mol. The molecule has 0 unspecified atom stereocenters. The van der Waals surface area contributed by atoms with Gasteiger partial charge in [-0.3, -0.25) is 4.79 Å². The molecule has 0 aliphatic heterocycles. The maximum absolute atomic E-state index is 12.6. The predicted octanol–water partition coefficient (Wildman–Crippen LogP) is 4.68. The van der Waals surface area contributed by atoms with Gasteiger partial charge in [-0.25, -0.2) is 4.79 Å². The van der Waals surface area contributed by atoms with Crippen LogP contribution in [0.25, 0.3) is 0 Å². The van der Waals surface area contributed by atoms with Crippen LogP contribution in [0.5, 0.6) is 11.5 Å². The number of aromatic hydroxyl groups is 1. The van der Waals surface area contributed by atoms with Crippen LogP contribution in [0.4, 0.5) is 11.4 Å². The smallest absolute Gasteiger partial charge is 0.341 e. The molecule has 3 rings (SSSR count). The second kappa shape index (κ2) is 10.7. The second-order valence-electron chi connectivity index (χ2n) is 6.85. The van der Waals surface area contributed by atoms with Crippen molar-refractivity contribution in [3.63, 3.8) is 0 Å². The van der Waals surface area contributed by atoms with Gasteiger partial charge in [-0.2, -0.15) is 5.11 Å². The Labute approximate surface area is 185 Å². The molecule has 8 nitrogen and oxygen atoms in total. The first-order valence-corrected chi connectivity index (χ1v) is 9.87. The summed E-state index contributed by atoms with van der Waals surface area (Å²) in [6, 6.07) is 20.0. The Morgan fingerprint density at radius 2 is 1.66 bits per heavy atom. The first-order chi connectivity index (χ1) is 15.5. The molecule has 1 amide bonds. The zero-order chi connectivity index (χ0) is 22.9. The number of carbonyl (C=O) groups excluding carboxylic acids is 2. The topological polar surface area (TPSA) is 110 Å². The van der Waals surface area contributed by atoms with E-state index in [1.165, 1.54) is 19.1 Å². The molecule has 0 aromatic heterocycles. The normalized spacial score (nSPS) is 11.7. The van der Waals surface area contributed by atoms with Crippen molar-refractivity contribution in [2.24, 2.45) is 10.2 Å². The molecule has 164 valence electrons. The monoisotopic (exact) mass is 433 g/mol. The minimum atomic E-state index is -0.997. The highest BCUT2D eigenvalue weighted by molar-refractivity contribution is 5.96. The zero-order valence-electron chi connectivity index (χ0n) is 17.7. The van der Waals surface area contributed by atoms with E-state index in [-0.39, 0.29) is 11.3 Å². The number of nitrogens with one attached hydrogen (secondary N) is 1. The van der Waals surface area contributed by atoms with Crippen LogP contribution in [0, 0.1) is 0 Å². The van der Waals surface area contributed by atoms with Gasteiger partial charge in [0.1, 0.15) is 17.2 Å². The number of phenolic OH excluding ortho intramolecular Hbond substituents is 1. The summed E-state index contributed by atoms with van der Waals surface area (Å²) in [6.45, 7) is 1.80.